The van der Waals surface area contributed by atoms with Crippen LogP contribution in [0.3, 0.4) is 0 Å². The van der Waals surface area contributed by atoms with Crippen molar-refractivity contribution < 1.29 is 66.9 Å². The second kappa shape index (κ2) is 25.0. The van der Waals surface area contributed by atoms with Crippen molar-refractivity contribution in [3.63, 3.8) is 0 Å². The van der Waals surface area contributed by atoms with E-state index in [1.165, 1.54) is 13.2 Å². The largest absolute Gasteiger partial charge is 0.497 e. The van der Waals surface area contributed by atoms with E-state index in [2.05, 4.69) is 10.0 Å². The Hall–Kier alpha value is -6.04. The van der Waals surface area contributed by atoms with E-state index in [0.717, 1.165) is 11.1 Å². The molecule has 4 aromatic rings. The Morgan fingerprint density at radius 2 is 1.24 bits per heavy atom. The van der Waals surface area contributed by atoms with Crippen molar-refractivity contribution in [2.24, 2.45) is 5.11 Å². The third kappa shape index (κ3) is 13.5. The first-order valence-corrected chi connectivity index (χ1v) is 22.0. The zero-order valence-corrected chi connectivity index (χ0v) is 37.4. The minimum absolute atomic E-state index is 0.00448. The highest BCUT2D eigenvalue weighted by atomic mass is 16.8. The van der Waals surface area contributed by atoms with Crippen LogP contribution in [0.5, 0.6) is 11.5 Å². The number of hydrogen-bond acceptors (Lipinski definition) is 15. The zero-order chi connectivity index (χ0) is 46.8. The molecule has 0 aliphatic carbocycles. The fraction of sp³-hybridized carbons (Fsp3) is 0.449. The van der Waals surface area contributed by atoms with Gasteiger partial charge in [0, 0.05) is 17.8 Å². The summed E-state index contributed by atoms with van der Waals surface area (Å²) in [6.07, 6.45) is -11.5. The fourth-order valence-corrected chi connectivity index (χ4v) is 7.55. The summed E-state index contributed by atoms with van der Waals surface area (Å²) in [4.78, 5) is 43.9. The molecule has 10 atom stereocenters. The van der Waals surface area contributed by atoms with Gasteiger partial charge in [0.15, 0.2) is 18.5 Å². The fourth-order valence-electron chi connectivity index (χ4n) is 7.55. The SMILES string of the molecule is CCCC(=O)O[C@@H]1[C@@H](OC(=O)c2ccccc2CN=[N+]=[N-])[C@H](Oc2ccc(OC)cc2)O[C@H](CO[C@@H]2O[C@H](C)[C@H](OCc3ccccc3)[C@H](OCc3ccccc3)[C@@H]2O)[C@H]1OC(=O)CCC. The van der Waals surface area contributed by atoms with E-state index in [1.54, 1.807) is 63.2 Å². The van der Waals surface area contributed by atoms with Crippen LogP contribution in [-0.4, -0.2) is 98.1 Å². The summed E-state index contributed by atoms with van der Waals surface area (Å²) in [6, 6.07) is 31.9. The van der Waals surface area contributed by atoms with Gasteiger partial charge in [0.1, 0.15) is 35.9 Å². The quantitative estimate of drug-likeness (QED) is 0.0265. The number of aliphatic hydroxyl groups excluding tert-OH is 1. The molecule has 17 heteroatoms. The molecular formula is C49H57N3O14. The lowest BCUT2D eigenvalue weighted by Crippen LogP contribution is -2.64. The predicted octanol–water partition coefficient (Wildman–Crippen LogP) is 7.55. The number of benzene rings is 4. The number of aliphatic hydroxyl groups is 1. The molecule has 0 saturated carbocycles. The molecule has 2 aliphatic heterocycles. The van der Waals surface area contributed by atoms with E-state index in [4.69, 9.17) is 52.9 Å². The standard InChI is InChI=1S/C49H57N3O14/c1-5-15-39(53)64-43-38(30-60-48-41(55)44(59-29-33-19-11-8-12-20-33)42(31(3)61-48)58-28-32-17-9-7-10-18-32)63-49(62-36-25-23-35(57-4)24-26-36)46(45(43)65-40(54)16-6-2)66-47(56)37-22-14-13-21-34(37)27-51-52-50/h7-14,17-26,31,38,41-46,48-49,55H,5-6,15-16,27-30H2,1-4H3/t31-,38-,41+,42+,43-,44-,45+,46-,48-,49-/m1/s1. The Morgan fingerprint density at radius 1 is 0.667 bits per heavy atom. The van der Waals surface area contributed by atoms with Crippen LogP contribution in [0, 0.1) is 0 Å². The van der Waals surface area contributed by atoms with Gasteiger partial charge in [0.25, 0.3) is 0 Å². The molecule has 1 N–H and O–H groups in total. The monoisotopic (exact) mass is 911 g/mol. The summed E-state index contributed by atoms with van der Waals surface area (Å²) in [7, 11) is 1.51. The van der Waals surface area contributed by atoms with Crippen LogP contribution in [-0.2, 0) is 67.2 Å². The van der Waals surface area contributed by atoms with Crippen LogP contribution in [0.15, 0.2) is 114 Å². The average Bonchev–Trinajstić information content (AvgIpc) is 3.33. The van der Waals surface area contributed by atoms with Gasteiger partial charge in [-0.25, -0.2) is 4.79 Å². The van der Waals surface area contributed by atoms with E-state index in [-0.39, 0.29) is 43.9 Å². The predicted molar refractivity (Wildman–Crippen MR) is 237 cm³/mol. The second-order valence-corrected chi connectivity index (χ2v) is 15.7. The normalized spacial score (nSPS) is 24.9. The van der Waals surface area contributed by atoms with Gasteiger partial charge in [-0.3, -0.25) is 9.59 Å². The van der Waals surface area contributed by atoms with Crippen LogP contribution in [0.4, 0.5) is 0 Å². The van der Waals surface area contributed by atoms with E-state index in [1.807, 2.05) is 60.7 Å². The van der Waals surface area contributed by atoms with E-state index in [9.17, 15) is 19.5 Å². The lowest BCUT2D eigenvalue weighted by molar-refractivity contribution is -0.328. The average molecular weight is 912 g/mol. The number of ether oxygens (including phenoxy) is 10. The molecule has 0 radical (unpaired) electrons. The molecule has 17 nitrogen and oxygen atoms in total. The Bertz CT molecular complexity index is 2190. The number of azide groups is 1. The summed E-state index contributed by atoms with van der Waals surface area (Å²) in [5.41, 5.74) is 11.2. The molecule has 4 aromatic carbocycles. The van der Waals surface area contributed by atoms with Crippen LogP contribution < -0.4 is 9.47 Å². The number of esters is 3. The Kier molecular flexibility index (Phi) is 18.7. The molecule has 0 bridgehead atoms. The van der Waals surface area contributed by atoms with Crippen molar-refractivity contribution in [3.05, 3.63) is 142 Å². The van der Waals surface area contributed by atoms with Gasteiger partial charge in [-0.15, -0.1) is 0 Å². The van der Waals surface area contributed by atoms with Gasteiger partial charge in [-0.05, 0) is 72.3 Å². The van der Waals surface area contributed by atoms with E-state index in [0.29, 0.717) is 24.2 Å². The third-order valence-corrected chi connectivity index (χ3v) is 10.9. The molecule has 66 heavy (non-hydrogen) atoms. The van der Waals surface area contributed by atoms with Crippen LogP contribution in [0.25, 0.3) is 10.4 Å². The topological polar surface area (TPSA) is 212 Å². The lowest BCUT2D eigenvalue weighted by atomic mass is 9.97. The number of carbonyl (C=O) groups is 3. The Labute approximate surface area is 383 Å². The molecule has 0 aromatic heterocycles. The molecule has 2 aliphatic rings. The van der Waals surface area contributed by atoms with Gasteiger partial charge in [-0.1, -0.05) is 97.8 Å². The zero-order valence-electron chi connectivity index (χ0n) is 37.4. The smallest absolute Gasteiger partial charge is 0.339 e. The summed E-state index contributed by atoms with van der Waals surface area (Å²) in [5, 5.41) is 15.6. The van der Waals surface area contributed by atoms with Crippen molar-refractivity contribution in [1.29, 1.82) is 0 Å². The summed E-state index contributed by atoms with van der Waals surface area (Å²) in [6.45, 7) is 5.17. The maximum absolute atomic E-state index is 14.2. The molecule has 6 rings (SSSR count). The molecular weight excluding hydrogens is 855 g/mol. The van der Waals surface area contributed by atoms with Crippen molar-refractivity contribution in [3.8, 4) is 11.5 Å². The molecule has 2 heterocycles. The Balaban J connectivity index is 1.33. The van der Waals surface area contributed by atoms with E-state index < -0.39 is 85.9 Å². The minimum Gasteiger partial charge on any atom is -0.497 e. The van der Waals surface area contributed by atoms with Crippen molar-refractivity contribution in [2.75, 3.05) is 13.7 Å². The first-order valence-electron chi connectivity index (χ1n) is 22.0. The number of hydrogen-bond donors (Lipinski definition) is 1. The van der Waals surface area contributed by atoms with E-state index >= 15 is 0 Å². The maximum atomic E-state index is 14.2. The second-order valence-electron chi connectivity index (χ2n) is 15.7. The molecule has 0 spiro atoms. The summed E-state index contributed by atoms with van der Waals surface area (Å²) in [5.74, 6) is -1.43. The highest BCUT2D eigenvalue weighted by Gasteiger charge is 2.55. The number of methoxy groups -OCH3 is 1. The van der Waals surface area contributed by atoms with Crippen molar-refractivity contribution >= 4 is 17.9 Å². The highest BCUT2D eigenvalue weighted by Crippen LogP contribution is 2.34. The first-order chi connectivity index (χ1) is 32.1. The lowest BCUT2D eigenvalue weighted by Gasteiger charge is -2.46. The van der Waals surface area contributed by atoms with Gasteiger partial charge in [0.05, 0.1) is 45.1 Å². The number of nitrogens with zero attached hydrogens (tertiary/aromatic N) is 3. The molecule has 0 amide bonds. The van der Waals surface area contributed by atoms with Crippen LogP contribution >= 0.6 is 0 Å². The maximum Gasteiger partial charge on any atom is 0.339 e. The summed E-state index contributed by atoms with van der Waals surface area (Å²) >= 11 is 0. The molecule has 2 saturated heterocycles. The van der Waals surface area contributed by atoms with Gasteiger partial charge < -0.3 is 52.5 Å². The van der Waals surface area contributed by atoms with Crippen LogP contribution in [0.1, 0.15) is 73.5 Å². The number of rotatable bonds is 22. The Morgan fingerprint density at radius 3 is 1.85 bits per heavy atom. The minimum atomic E-state index is -1.56. The van der Waals surface area contributed by atoms with Gasteiger partial charge in [-0.2, -0.15) is 0 Å². The van der Waals surface area contributed by atoms with Crippen LogP contribution in [0.2, 0.25) is 0 Å². The van der Waals surface area contributed by atoms with Crippen molar-refractivity contribution in [1.82, 2.24) is 0 Å². The molecule has 0 unspecified atom stereocenters. The summed E-state index contributed by atoms with van der Waals surface area (Å²) < 4.78 is 62.0. The molecule has 352 valence electrons. The molecule has 2 fully saturated rings. The highest BCUT2D eigenvalue weighted by molar-refractivity contribution is 5.91. The third-order valence-electron chi connectivity index (χ3n) is 10.9. The number of carbonyl (C=O) groups excluding carboxylic acids is 3. The van der Waals surface area contributed by atoms with Gasteiger partial charge >= 0.3 is 17.9 Å². The van der Waals surface area contributed by atoms with Gasteiger partial charge in [0.2, 0.25) is 12.4 Å². The van der Waals surface area contributed by atoms with Crippen molar-refractivity contribution in [2.45, 2.75) is 128 Å². The first kappa shape index (κ1) is 49.4.